The summed E-state index contributed by atoms with van der Waals surface area (Å²) in [5, 5.41) is 14.1. The van der Waals surface area contributed by atoms with E-state index in [2.05, 4.69) is 16.0 Å². The van der Waals surface area contributed by atoms with Gasteiger partial charge in [-0.2, -0.15) is 0 Å². The normalized spacial score (nSPS) is 12.3. The van der Waals surface area contributed by atoms with Gasteiger partial charge in [-0.3, -0.25) is 9.97 Å². The molecule has 1 aromatic carbocycles. The van der Waals surface area contributed by atoms with Gasteiger partial charge in [0.15, 0.2) is 5.96 Å². The summed E-state index contributed by atoms with van der Waals surface area (Å²) in [5.74, 6) is -1.53. The largest absolute Gasteiger partial charge is 0.370 e. The lowest BCUT2D eigenvalue weighted by molar-refractivity contribution is 0.239. The fourth-order valence-electron chi connectivity index (χ4n) is 1.58. The molecule has 0 aliphatic heterocycles. The van der Waals surface area contributed by atoms with Gasteiger partial charge in [-0.05, 0) is 17.7 Å². The van der Waals surface area contributed by atoms with Crippen LogP contribution >= 0.6 is 7.60 Å². The first-order chi connectivity index (χ1) is 9.72. The molecule has 2 amide bonds. The summed E-state index contributed by atoms with van der Waals surface area (Å²) >= 11 is 0. The third kappa shape index (κ3) is 5.82. The van der Waals surface area contributed by atoms with Gasteiger partial charge in [-0.15, -0.1) is 0 Å². The average molecular weight is 315 g/mol. The molecule has 0 aliphatic carbocycles. The number of anilines is 1. The molecule has 21 heavy (non-hydrogen) atoms. The van der Waals surface area contributed by atoms with Crippen molar-refractivity contribution in [2.75, 3.05) is 12.4 Å². The molecule has 0 radical (unpaired) electrons. The van der Waals surface area contributed by atoms with E-state index >= 15 is 0 Å². The van der Waals surface area contributed by atoms with Crippen molar-refractivity contribution in [3.8, 4) is 0 Å². The number of hydrogen-bond acceptors (Lipinski definition) is 3. The van der Waals surface area contributed by atoms with Gasteiger partial charge in [0.25, 0.3) is 0 Å². The lowest BCUT2D eigenvalue weighted by atomic mass is 10.1. The zero-order chi connectivity index (χ0) is 16.0. The average Bonchev–Trinajstić information content (AvgIpc) is 2.38. The Kier molecular flexibility index (Phi) is 5.71. The third-order valence-electron chi connectivity index (χ3n) is 2.59. The van der Waals surface area contributed by atoms with E-state index in [0.717, 1.165) is 0 Å². The second kappa shape index (κ2) is 7.07. The van der Waals surface area contributed by atoms with Crippen LogP contribution in [0.15, 0.2) is 24.3 Å². The lowest BCUT2D eigenvalue weighted by Gasteiger charge is -2.19. The number of urea groups is 1. The fourth-order valence-corrected chi connectivity index (χ4v) is 2.31. The molecule has 1 rings (SSSR count). The van der Waals surface area contributed by atoms with Crippen LogP contribution in [0, 0.1) is 5.41 Å². The predicted molar refractivity (Wildman–Crippen MR) is 79.1 cm³/mol. The molecule has 9 nitrogen and oxygen atoms in total. The molecule has 1 unspecified atom stereocenters. The highest BCUT2D eigenvalue weighted by molar-refractivity contribution is 7.52. The van der Waals surface area contributed by atoms with Crippen LogP contribution in [0.1, 0.15) is 5.56 Å². The molecule has 0 saturated heterocycles. The Hall–Kier alpha value is -2.09. The van der Waals surface area contributed by atoms with Crippen molar-refractivity contribution in [3.05, 3.63) is 29.8 Å². The number of carbonyl (C=O) groups excluding carboxylic acids is 1. The van der Waals surface area contributed by atoms with Crippen molar-refractivity contribution in [2.45, 2.75) is 12.2 Å². The maximum atomic E-state index is 11.4. The number of carbonyl (C=O) groups is 1. The molecular weight excluding hydrogens is 297 g/mol. The quantitative estimate of drug-likeness (QED) is 0.229. The number of hydrogen-bond donors (Lipinski definition) is 7. The Bertz CT molecular complexity index is 556. The second-order valence-corrected chi connectivity index (χ2v) is 6.07. The Balaban J connectivity index is 2.81. The van der Waals surface area contributed by atoms with Crippen LogP contribution in [-0.2, 0) is 11.0 Å². The molecule has 0 fully saturated rings. The summed E-state index contributed by atoms with van der Waals surface area (Å²) in [6.07, 6.45) is -0.0297. The number of nitrogens with one attached hydrogen (secondary N) is 4. The number of benzene rings is 1. The summed E-state index contributed by atoms with van der Waals surface area (Å²) < 4.78 is 11.4. The molecule has 0 spiro atoms. The van der Waals surface area contributed by atoms with Crippen molar-refractivity contribution in [1.82, 2.24) is 10.6 Å². The highest BCUT2D eigenvalue weighted by atomic mass is 31.2. The third-order valence-corrected chi connectivity index (χ3v) is 3.72. The molecule has 0 aliphatic rings. The monoisotopic (exact) mass is 315 g/mol. The zero-order valence-corrected chi connectivity index (χ0v) is 12.2. The van der Waals surface area contributed by atoms with Gasteiger partial charge in [0.05, 0.1) is 0 Å². The van der Waals surface area contributed by atoms with Crippen LogP contribution in [0.3, 0.4) is 0 Å². The first-order valence-electron chi connectivity index (χ1n) is 5.96. The summed E-state index contributed by atoms with van der Waals surface area (Å²) in [7, 11) is -3.13. The summed E-state index contributed by atoms with van der Waals surface area (Å²) in [6, 6.07) is 5.82. The SMILES string of the molecule is CNC(=O)NC(Cc1ccc(NC(=N)N)cc1)P(=O)(O)O. The highest BCUT2D eigenvalue weighted by Crippen LogP contribution is 2.41. The van der Waals surface area contributed by atoms with Crippen LogP contribution in [0.25, 0.3) is 0 Å². The zero-order valence-electron chi connectivity index (χ0n) is 11.3. The molecule has 10 heteroatoms. The maximum absolute atomic E-state index is 11.4. The minimum Gasteiger partial charge on any atom is -0.370 e. The van der Waals surface area contributed by atoms with Crippen molar-refractivity contribution >= 4 is 25.3 Å². The van der Waals surface area contributed by atoms with Gasteiger partial charge >= 0.3 is 13.6 Å². The minimum absolute atomic E-state index is 0.0297. The summed E-state index contributed by atoms with van der Waals surface area (Å²) in [5.41, 5.74) is 6.39. The molecule has 0 aromatic heterocycles. The van der Waals surface area contributed by atoms with E-state index in [1.807, 2.05) is 0 Å². The minimum atomic E-state index is -4.48. The molecule has 0 bridgehead atoms. The van der Waals surface area contributed by atoms with E-state index in [1.54, 1.807) is 24.3 Å². The number of nitrogens with two attached hydrogens (primary N) is 1. The standard InChI is InChI=1S/C11H18N5O4P/c1-14-11(17)16-9(21(18,19)20)6-7-2-4-8(5-3-7)15-10(12)13/h2-5,9H,6H2,1H3,(H4,12,13,15)(H2,14,16,17)(H2,18,19,20). The van der Waals surface area contributed by atoms with Gasteiger partial charge in [-0.1, -0.05) is 12.1 Å². The van der Waals surface area contributed by atoms with Gasteiger partial charge in [0.1, 0.15) is 5.78 Å². The van der Waals surface area contributed by atoms with Crippen LogP contribution in [0.2, 0.25) is 0 Å². The number of amides is 2. The van der Waals surface area contributed by atoms with Crippen LogP contribution in [0.4, 0.5) is 10.5 Å². The molecule has 116 valence electrons. The molecule has 1 aromatic rings. The summed E-state index contributed by atoms with van der Waals surface area (Å²) in [6.45, 7) is 0. The van der Waals surface area contributed by atoms with Crippen LogP contribution in [0.5, 0.6) is 0 Å². The van der Waals surface area contributed by atoms with Gasteiger partial charge < -0.3 is 31.5 Å². The van der Waals surface area contributed by atoms with Gasteiger partial charge in [-0.25, -0.2) is 4.79 Å². The van der Waals surface area contributed by atoms with Gasteiger partial charge in [0.2, 0.25) is 0 Å². The first-order valence-corrected chi connectivity index (χ1v) is 7.64. The van der Waals surface area contributed by atoms with E-state index < -0.39 is 19.4 Å². The molecular formula is C11H18N5O4P. The van der Waals surface area contributed by atoms with Gasteiger partial charge in [0, 0.05) is 19.2 Å². The lowest BCUT2D eigenvalue weighted by Crippen LogP contribution is -2.41. The number of guanidine groups is 1. The highest BCUT2D eigenvalue weighted by Gasteiger charge is 2.30. The van der Waals surface area contributed by atoms with Crippen molar-refractivity contribution in [2.24, 2.45) is 5.73 Å². The second-order valence-electron chi connectivity index (χ2n) is 4.27. The van der Waals surface area contributed by atoms with Crippen molar-refractivity contribution < 1.29 is 19.1 Å². The maximum Gasteiger partial charge on any atom is 0.348 e. The Labute approximate surface area is 121 Å². The fraction of sp³-hybridized carbons (Fsp3) is 0.273. The van der Waals surface area contributed by atoms with E-state index in [0.29, 0.717) is 11.3 Å². The molecule has 0 heterocycles. The molecule has 0 saturated carbocycles. The number of rotatable bonds is 5. The van der Waals surface area contributed by atoms with E-state index in [9.17, 15) is 19.1 Å². The predicted octanol–water partition coefficient (Wildman–Crippen LogP) is -0.0327. The van der Waals surface area contributed by atoms with Crippen molar-refractivity contribution in [3.63, 3.8) is 0 Å². The smallest absolute Gasteiger partial charge is 0.348 e. The Morgan fingerprint density at radius 2 is 1.95 bits per heavy atom. The van der Waals surface area contributed by atoms with Crippen LogP contribution in [-0.4, -0.2) is 34.6 Å². The first kappa shape index (κ1) is 17.0. The van der Waals surface area contributed by atoms with E-state index in [4.69, 9.17) is 11.1 Å². The Morgan fingerprint density at radius 3 is 2.38 bits per heavy atom. The van der Waals surface area contributed by atoms with E-state index in [1.165, 1.54) is 7.05 Å². The topological polar surface area (TPSA) is 161 Å². The van der Waals surface area contributed by atoms with Crippen molar-refractivity contribution in [1.29, 1.82) is 5.41 Å². The molecule has 1 atom stereocenters. The Morgan fingerprint density at radius 1 is 1.38 bits per heavy atom. The molecule has 8 N–H and O–H groups in total. The summed E-state index contributed by atoms with van der Waals surface area (Å²) in [4.78, 5) is 29.8. The van der Waals surface area contributed by atoms with Crippen LogP contribution < -0.4 is 21.7 Å². The van der Waals surface area contributed by atoms with E-state index in [-0.39, 0.29) is 12.4 Å².